The zero-order chi connectivity index (χ0) is 16.8. The van der Waals surface area contributed by atoms with Gasteiger partial charge in [0, 0.05) is 24.6 Å². The second-order valence-corrected chi connectivity index (χ2v) is 7.33. The number of rotatable bonds is 4. The Hall–Kier alpha value is -1.97. The number of nitrogens with zero attached hydrogens (tertiary/aromatic N) is 3. The van der Waals surface area contributed by atoms with Gasteiger partial charge in [0.15, 0.2) is 11.6 Å². The van der Waals surface area contributed by atoms with Crippen LogP contribution in [0.3, 0.4) is 0 Å². The van der Waals surface area contributed by atoms with Gasteiger partial charge in [-0.05, 0) is 18.3 Å². The Morgan fingerprint density at radius 2 is 2.13 bits per heavy atom. The van der Waals surface area contributed by atoms with Crippen LogP contribution in [0.2, 0.25) is 12.6 Å². The van der Waals surface area contributed by atoms with Gasteiger partial charge >= 0.3 is 5.97 Å². The van der Waals surface area contributed by atoms with E-state index in [1.165, 1.54) is 7.11 Å². The zero-order valence-corrected chi connectivity index (χ0v) is 14.1. The smallest absolute Gasteiger partial charge is 0.316 e. The van der Waals surface area contributed by atoms with E-state index in [2.05, 4.69) is 16.0 Å². The predicted molar refractivity (Wildman–Crippen MR) is 86.5 cm³/mol. The van der Waals surface area contributed by atoms with Gasteiger partial charge in [0.1, 0.15) is 5.92 Å². The second kappa shape index (κ2) is 5.59. The maximum Gasteiger partial charge on any atom is 0.316 e. The van der Waals surface area contributed by atoms with Crippen molar-refractivity contribution in [3.05, 3.63) is 11.3 Å². The van der Waals surface area contributed by atoms with Crippen LogP contribution in [0.4, 0.5) is 5.82 Å². The molecule has 2 saturated heterocycles. The molecule has 1 aromatic rings. The molecule has 1 aromatic heterocycles. The van der Waals surface area contributed by atoms with Crippen molar-refractivity contribution < 1.29 is 14.1 Å². The lowest BCUT2D eigenvalue weighted by molar-refractivity contribution is -0.144. The van der Waals surface area contributed by atoms with E-state index in [-0.39, 0.29) is 18.6 Å². The van der Waals surface area contributed by atoms with Crippen LogP contribution in [0.1, 0.15) is 31.1 Å². The highest BCUT2D eigenvalue weighted by Crippen LogP contribution is 2.51. The molecule has 0 aliphatic carbocycles. The Morgan fingerprint density at radius 1 is 1.48 bits per heavy atom. The number of nitriles is 1. The van der Waals surface area contributed by atoms with Gasteiger partial charge in [-0.1, -0.05) is 31.6 Å². The summed E-state index contributed by atoms with van der Waals surface area (Å²) in [7, 11) is 1.39. The third kappa shape index (κ3) is 2.50. The number of methoxy groups -OCH3 is 1. The molecule has 0 N–H and O–H groups in total. The van der Waals surface area contributed by atoms with Crippen LogP contribution >= 0.6 is 0 Å². The molecule has 0 aromatic carbocycles. The van der Waals surface area contributed by atoms with Crippen molar-refractivity contribution in [2.24, 2.45) is 11.3 Å². The van der Waals surface area contributed by atoms with E-state index < -0.39 is 5.92 Å². The molecule has 122 valence electrons. The van der Waals surface area contributed by atoms with Crippen LogP contribution in [0, 0.1) is 29.5 Å². The first-order valence-electron chi connectivity index (χ1n) is 8.09. The minimum absolute atomic E-state index is 0.0766. The fourth-order valence-corrected chi connectivity index (χ4v) is 3.98. The molecule has 0 bridgehead atoms. The first-order chi connectivity index (χ1) is 10.9. The molecule has 1 unspecified atom stereocenters. The lowest BCUT2D eigenvalue weighted by Crippen LogP contribution is -2.64. The summed E-state index contributed by atoms with van der Waals surface area (Å²) in [6, 6.07) is 0. The molecular weight excluding hydrogens is 293 g/mol. The summed E-state index contributed by atoms with van der Waals surface area (Å²) in [5.41, 5.74) is 1.21. The van der Waals surface area contributed by atoms with Crippen molar-refractivity contribution in [3.63, 3.8) is 0 Å². The van der Waals surface area contributed by atoms with E-state index in [1.807, 2.05) is 20.8 Å². The van der Waals surface area contributed by atoms with E-state index in [9.17, 15) is 4.79 Å². The van der Waals surface area contributed by atoms with Crippen LogP contribution in [0.25, 0.3) is 0 Å². The number of carbonyl (C=O) groups is 1. The van der Waals surface area contributed by atoms with Crippen LogP contribution in [0.15, 0.2) is 4.52 Å². The van der Waals surface area contributed by atoms with Crippen molar-refractivity contribution >= 4 is 18.5 Å². The van der Waals surface area contributed by atoms with Crippen molar-refractivity contribution in [3.8, 4) is 5.97 Å². The normalized spacial score (nSPS) is 20.0. The Balaban J connectivity index is 1.74. The molecule has 0 saturated carbocycles. The minimum Gasteiger partial charge on any atom is -0.468 e. The van der Waals surface area contributed by atoms with E-state index in [1.54, 1.807) is 0 Å². The average molecular weight is 315 g/mol. The maximum absolute atomic E-state index is 12.0. The van der Waals surface area contributed by atoms with Gasteiger partial charge in [0.25, 0.3) is 6.71 Å². The van der Waals surface area contributed by atoms with Gasteiger partial charge in [-0.25, -0.2) is 5.26 Å². The Morgan fingerprint density at radius 3 is 2.65 bits per heavy atom. The second-order valence-electron chi connectivity index (χ2n) is 7.33. The van der Waals surface area contributed by atoms with E-state index >= 15 is 0 Å². The summed E-state index contributed by atoms with van der Waals surface area (Å²) in [6.45, 7) is 7.95. The van der Waals surface area contributed by atoms with Gasteiger partial charge in [0.2, 0.25) is 0 Å². The van der Waals surface area contributed by atoms with Gasteiger partial charge in [-0.15, -0.1) is 0 Å². The lowest BCUT2D eigenvalue weighted by Gasteiger charge is -2.57. The number of ether oxygens (including phenoxy) is 1. The summed E-state index contributed by atoms with van der Waals surface area (Å²) in [5, 5.41) is 13.1. The Kier molecular flexibility index (Phi) is 3.87. The van der Waals surface area contributed by atoms with E-state index in [0.29, 0.717) is 11.2 Å². The van der Waals surface area contributed by atoms with Gasteiger partial charge in [0.05, 0.1) is 7.11 Å². The van der Waals surface area contributed by atoms with Crippen LogP contribution < -0.4 is 4.90 Å². The molecule has 3 rings (SSSR count). The molecule has 1 atom stereocenters. The van der Waals surface area contributed by atoms with E-state index in [0.717, 1.165) is 37.1 Å². The third-order valence-electron chi connectivity index (χ3n) is 5.23. The highest BCUT2D eigenvalue weighted by Gasteiger charge is 2.55. The zero-order valence-electron chi connectivity index (χ0n) is 14.1. The summed E-state index contributed by atoms with van der Waals surface area (Å²) >= 11 is 0. The Labute approximate surface area is 136 Å². The van der Waals surface area contributed by atoms with Crippen molar-refractivity contribution in [1.82, 2.24) is 5.16 Å². The van der Waals surface area contributed by atoms with Gasteiger partial charge in [-0.2, -0.15) is 0 Å². The summed E-state index contributed by atoms with van der Waals surface area (Å²) in [6.07, 6.45) is 1.97. The number of hydrogen-bond acceptors (Lipinski definition) is 6. The highest BCUT2D eigenvalue weighted by atomic mass is 16.5. The molecular formula is C16H22BN3O3. The molecule has 23 heavy (non-hydrogen) atoms. The quantitative estimate of drug-likeness (QED) is 0.626. The van der Waals surface area contributed by atoms with Crippen molar-refractivity contribution in [1.29, 1.82) is 5.26 Å². The maximum atomic E-state index is 12.0. The number of anilines is 1. The minimum atomic E-state index is -0.428. The topological polar surface area (TPSA) is 79.4 Å². The largest absolute Gasteiger partial charge is 0.468 e. The fourth-order valence-electron chi connectivity index (χ4n) is 3.98. The van der Waals surface area contributed by atoms with E-state index in [4.69, 9.17) is 14.5 Å². The standard InChI is InChI=1S/C16H22BN3O3/c1-10(2)12(15(21)22-4)13-11(3)14(19-23-13)20-7-16(8-20)5-17(6-16)9-18/h10,12H,5-8H2,1-4H3. The molecule has 2 aliphatic rings. The number of carbonyl (C=O) groups excluding carboxylic acids is 1. The van der Waals surface area contributed by atoms with Crippen LogP contribution in [-0.2, 0) is 9.53 Å². The third-order valence-corrected chi connectivity index (χ3v) is 5.23. The summed E-state index contributed by atoms with van der Waals surface area (Å²) in [4.78, 5) is 14.2. The van der Waals surface area contributed by atoms with Crippen LogP contribution in [-0.4, -0.2) is 38.0 Å². The average Bonchev–Trinajstić information content (AvgIpc) is 2.78. The molecule has 1 spiro atoms. The first kappa shape index (κ1) is 15.9. The monoisotopic (exact) mass is 315 g/mol. The molecule has 7 heteroatoms. The van der Waals surface area contributed by atoms with Crippen molar-refractivity contribution in [2.45, 2.75) is 39.3 Å². The number of esters is 1. The molecule has 0 amide bonds. The predicted octanol–water partition coefficient (Wildman–Crippen LogP) is 2.27. The summed E-state index contributed by atoms with van der Waals surface area (Å²) in [5.74, 6) is 3.12. The highest BCUT2D eigenvalue weighted by molar-refractivity contribution is 6.70. The SMILES string of the molecule is COC(=O)C(c1onc(N2CC3(CB(C#N)C3)C2)c1C)C(C)C. The first-order valence-corrected chi connectivity index (χ1v) is 8.09. The number of aromatic nitrogens is 1. The molecule has 6 nitrogen and oxygen atoms in total. The lowest BCUT2D eigenvalue weighted by atomic mass is 9.26. The van der Waals surface area contributed by atoms with Crippen molar-refractivity contribution in [2.75, 3.05) is 25.1 Å². The van der Waals surface area contributed by atoms with Crippen LogP contribution in [0.5, 0.6) is 0 Å². The fraction of sp³-hybridized carbons (Fsp3) is 0.688. The molecule has 2 aliphatic heterocycles. The molecule has 0 radical (unpaired) electrons. The Bertz CT molecular complexity index is 650. The number of hydrogen-bond donors (Lipinski definition) is 0. The molecule has 2 fully saturated rings. The van der Waals surface area contributed by atoms with Gasteiger partial charge < -0.3 is 14.2 Å². The molecule has 3 heterocycles. The van der Waals surface area contributed by atoms with Gasteiger partial charge in [-0.3, -0.25) is 4.79 Å². The summed E-state index contributed by atoms with van der Waals surface area (Å²) < 4.78 is 10.4.